The van der Waals surface area contributed by atoms with Gasteiger partial charge in [0.1, 0.15) is 17.9 Å². The molecule has 0 radical (unpaired) electrons. The third kappa shape index (κ3) is 17.9. The number of hydrogen-bond acceptors (Lipinski definition) is 10. The highest BCUT2D eigenvalue weighted by atomic mass is 19.4. The maximum atomic E-state index is 13.7. The summed E-state index contributed by atoms with van der Waals surface area (Å²) in [4.78, 5) is 49.3. The largest absolute Gasteiger partial charge is 0.490 e. The quantitative estimate of drug-likeness (QED) is 0.192. The van der Waals surface area contributed by atoms with Gasteiger partial charge in [0.15, 0.2) is 0 Å². The lowest BCUT2D eigenvalue weighted by Crippen LogP contribution is -2.44. The Labute approximate surface area is 286 Å². The van der Waals surface area contributed by atoms with Crippen molar-refractivity contribution in [3.63, 3.8) is 0 Å². The molecule has 0 saturated carbocycles. The summed E-state index contributed by atoms with van der Waals surface area (Å²) in [5.41, 5.74) is 9.23. The van der Waals surface area contributed by atoms with Crippen LogP contribution in [0.4, 0.5) is 61.0 Å². The normalized spacial score (nSPS) is 16.1. The first-order valence-corrected chi connectivity index (χ1v) is 14.0. The Hall–Kier alpha value is -5.54. The molecule has 2 saturated heterocycles. The van der Waals surface area contributed by atoms with Crippen LogP contribution in [0.3, 0.4) is 0 Å². The highest BCUT2D eigenvalue weighted by Gasteiger charge is 2.39. The first-order valence-electron chi connectivity index (χ1n) is 14.0. The summed E-state index contributed by atoms with van der Waals surface area (Å²) >= 11 is 0. The van der Waals surface area contributed by atoms with Crippen LogP contribution < -0.4 is 15.5 Å². The van der Waals surface area contributed by atoms with E-state index in [0.29, 0.717) is 13.0 Å². The number of benzene rings is 1. The third-order valence-corrected chi connectivity index (χ3v) is 6.21. The number of carboxylic acids is 4. The molecule has 0 spiro atoms. The number of nitrogens with two attached hydrogens (primary N) is 1. The number of aliphatic carboxylic acids is 3. The number of nitrogens with zero attached hydrogens (tertiary/aromatic N) is 5. The number of nitriles is 1. The van der Waals surface area contributed by atoms with Gasteiger partial charge in [-0.05, 0) is 38.1 Å². The van der Waals surface area contributed by atoms with E-state index in [0.717, 1.165) is 50.5 Å². The van der Waals surface area contributed by atoms with Crippen molar-refractivity contribution in [2.75, 3.05) is 61.8 Å². The fourth-order valence-corrected chi connectivity index (χ4v) is 3.70. The smallest absolute Gasteiger partial charge is 0.475 e. The molecular weight excluding hydrogens is 740 g/mol. The number of likely N-dealkylation sites (N-methyl/N-ethyl adjacent to an activating group) is 1. The van der Waals surface area contributed by atoms with Gasteiger partial charge < -0.3 is 45.8 Å². The van der Waals surface area contributed by atoms with Crippen LogP contribution in [0.5, 0.6) is 0 Å². The molecule has 7 N–H and O–H groups in total. The number of rotatable bonds is 3. The monoisotopic (exact) mass is 771 g/mol. The summed E-state index contributed by atoms with van der Waals surface area (Å²) in [5.74, 6) is -9.65. The number of aromatic nitrogens is 2. The van der Waals surface area contributed by atoms with Gasteiger partial charge in [-0.15, -0.1) is 0 Å². The van der Waals surface area contributed by atoms with E-state index in [-0.39, 0.29) is 11.5 Å². The zero-order chi connectivity index (χ0) is 40.6. The van der Waals surface area contributed by atoms with Crippen molar-refractivity contribution in [3.8, 4) is 6.07 Å². The second-order valence-corrected chi connectivity index (χ2v) is 10.2. The van der Waals surface area contributed by atoms with E-state index in [4.69, 9.17) is 45.8 Å². The summed E-state index contributed by atoms with van der Waals surface area (Å²) in [6.45, 7) is 5.59. The molecule has 52 heavy (non-hydrogen) atoms. The van der Waals surface area contributed by atoms with Crippen LogP contribution >= 0.6 is 0 Å². The number of H-pyrrole nitrogens is 1. The lowest BCUT2D eigenvalue weighted by molar-refractivity contribution is -0.193. The number of nitrogen functional groups attached to an aromatic ring is 1. The van der Waals surface area contributed by atoms with E-state index in [9.17, 15) is 48.7 Å². The van der Waals surface area contributed by atoms with Gasteiger partial charge in [-0.25, -0.2) is 28.6 Å². The summed E-state index contributed by atoms with van der Waals surface area (Å²) in [6, 6.07) is 7.91. The molecule has 1 atom stereocenters. The van der Waals surface area contributed by atoms with Crippen molar-refractivity contribution in [1.82, 2.24) is 14.9 Å². The van der Waals surface area contributed by atoms with Crippen LogP contribution in [-0.2, 0) is 14.4 Å². The number of imidazole rings is 1. The predicted molar refractivity (Wildman–Crippen MR) is 158 cm³/mol. The summed E-state index contributed by atoms with van der Waals surface area (Å²) in [7, 11) is 2.15. The Kier molecular flexibility index (Phi) is 18.2. The van der Waals surface area contributed by atoms with E-state index in [1.165, 1.54) is 11.9 Å². The molecule has 0 aliphatic carbocycles. The van der Waals surface area contributed by atoms with Crippen LogP contribution in [-0.4, -0.2) is 130 Å². The van der Waals surface area contributed by atoms with Crippen molar-refractivity contribution in [2.24, 2.45) is 0 Å². The molecular formula is C27H31F10N7O8. The van der Waals surface area contributed by atoms with Gasteiger partial charge in [-0.3, -0.25) is 0 Å². The van der Waals surface area contributed by atoms with Crippen molar-refractivity contribution >= 4 is 40.9 Å². The lowest BCUT2D eigenvalue weighted by Gasteiger charge is -2.36. The topological polar surface area (TPSA) is 237 Å². The number of aromatic amines is 1. The third-order valence-electron chi connectivity index (χ3n) is 6.21. The molecule has 1 aromatic carbocycles. The van der Waals surface area contributed by atoms with Gasteiger partial charge in [-0.1, -0.05) is 0 Å². The fourth-order valence-electron chi connectivity index (χ4n) is 3.70. The highest BCUT2D eigenvalue weighted by Crippen LogP contribution is 2.32. The van der Waals surface area contributed by atoms with Gasteiger partial charge >= 0.3 is 42.4 Å². The molecule has 2 aliphatic rings. The number of carboxylic acid groups (broad SMARTS) is 4. The molecule has 1 unspecified atom stereocenters. The second-order valence-electron chi connectivity index (χ2n) is 10.2. The molecule has 0 bridgehead atoms. The summed E-state index contributed by atoms with van der Waals surface area (Å²) in [6.07, 6.45) is -13.2. The van der Waals surface area contributed by atoms with E-state index in [1.807, 2.05) is 6.07 Å². The number of hydrogen-bond donors (Lipinski definition) is 6. The standard InChI is InChI=1S/C16H25FN4.C5H3N3O2.3C2HF3O2/c1-19-7-9-20(10-8-19)14-4-5-15(18)16(11-14)21-6-2-3-13(17)12-21;6-1-3-2-7-4(8-3)5(9)10;3*3-2(4,5)1(6)7/h4-5,11,13H,2-3,6-10,12,18H2,1H3;2H,(H,7,8)(H,9,10);3*(H,6,7). The predicted octanol–water partition coefficient (Wildman–Crippen LogP) is 3.84. The van der Waals surface area contributed by atoms with E-state index >= 15 is 0 Å². The molecule has 1 aromatic heterocycles. The molecule has 2 fully saturated rings. The van der Waals surface area contributed by atoms with Gasteiger partial charge in [0.05, 0.1) is 17.6 Å². The van der Waals surface area contributed by atoms with Crippen molar-refractivity contribution in [1.29, 1.82) is 5.26 Å². The number of alkyl halides is 10. The molecule has 4 rings (SSSR count). The lowest BCUT2D eigenvalue weighted by atomic mass is 10.1. The number of anilines is 3. The number of aromatic carboxylic acids is 1. The maximum Gasteiger partial charge on any atom is 0.490 e. The molecule has 15 nitrogen and oxygen atoms in total. The average molecular weight is 772 g/mol. The van der Waals surface area contributed by atoms with Gasteiger partial charge in [0, 0.05) is 45.0 Å². The van der Waals surface area contributed by atoms with Crippen molar-refractivity contribution < 1.29 is 83.5 Å². The first kappa shape index (κ1) is 46.5. The fraction of sp³-hybridized carbons (Fsp3) is 0.481. The van der Waals surface area contributed by atoms with E-state index < -0.39 is 48.6 Å². The Bertz CT molecular complexity index is 1460. The minimum Gasteiger partial charge on any atom is -0.475 e. The van der Waals surface area contributed by atoms with Gasteiger partial charge in [0.2, 0.25) is 5.82 Å². The minimum absolute atomic E-state index is 0.150. The van der Waals surface area contributed by atoms with Crippen molar-refractivity contribution in [2.45, 2.75) is 37.5 Å². The van der Waals surface area contributed by atoms with Crippen LogP contribution in [0.15, 0.2) is 24.4 Å². The van der Waals surface area contributed by atoms with Crippen molar-refractivity contribution in [3.05, 3.63) is 35.9 Å². The zero-order valence-corrected chi connectivity index (χ0v) is 26.6. The van der Waals surface area contributed by atoms with Crippen LogP contribution in [0.2, 0.25) is 0 Å². The van der Waals surface area contributed by atoms with Crippen LogP contribution in [0, 0.1) is 11.3 Å². The maximum absolute atomic E-state index is 13.7. The molecule has 2 aliphatic heterocycles. The second kappa shape index (κ2) is 20.3. The molecule has 2 aromatic rings. The summed E-state index contributed by atoms with van der Waals surface area (Å²) in [5, 5.41) is 37.9. The molecule has 25 heteroatoms. The number of carbonyl (C=O) groups is 4. The van der Waals surface area contributed by atoms with Crippen LogP contribution in [0.1, 0.15) is 29.2 Å². The molecule has 3 heterocycles. The SMILES string of the molecule is CN1CCN(c2ccc(N)c(N3CCCC(F)C3)c2)CC1.N#Cc1cnc(C(=O)O)[nH]1.O=C(O)C(F)(F)F.O=C(O)C(F)(F)F.O=C(O)C(F)(F)F. The number of nitrogens with one attached hydrogen (secondary N) is 1. The zero-order valence-electron chi connectivity index (χ0n) is 26.6. The molecule has 0 amide bonds. The number of piperidine rings is 1. The Morgan fingerprint density at radius 3 is 1.65 bits per heavy atom. The van der Waals surface area contributed by atoms with E-state index in [2.05, 4.69) is 43.8 Å². The number of piperazine rings is 1. The number of halogens is 10. The van der Waals surface area contributed by atoms with Gasteiger partial charge in [-0.2, -0.15) is 44.8 Å². The highest BCUT2D eigenvalue weighted by molar-refractivity contribution is 5.83. The Morgan fingerprint density at radius 1 is 0.846 bits per heavy atom. The summed E-state index contributed by atoms with van der Waals surface area (Å²) < 4.78 is 109. The van der Waals surface area contributed by atoms with E-state index in [1.54, 1.807) is 6.07 Å². The Balaban J connectivity index is 0.000000704. The van der Waals surface area contributed by atoms with Crippen LogP contribution in [0.25, 0.3) is 0 Å². The molecule has 292 valence electrons. The average Bonchev–Trinajstić information content (AvgIpc) is 3.52. The van der Waals surface area contributed by atoms with Gasteiger partial charge in [0.25, 0.3) is 0 Å². The Morgan fingerprint density at radius 2 is 1.31 bits per heavy atom. The minimum atomic E-state index is -5.08. The first-order chi connectivity index (χ1) is 23.7.